The van der Waals surface area contributed by atoms with Gasteiger partial charge < -0.3 is 10.8 Å². The number of phenols is 1. The molecule has 0 atom stereocenters. The molecule has 0 unspecified atom stereocenters. The van der Waals surface area contributed by atoms with Crippen LogP contribution in [0.25, 0.3) is 0 Å². The topological polar surface area (TPSA) is 131 Å². The van der Waals surface area contributed by atoms with Crippen molar-refractivity contribution in [1.29, 1.82) is 0 Å². The van der Waals surface area contributed by atoms with Gasteiger partial charge in [-0.1, -0.05) is 0 Å². The van der Waals surface area contributed by atoms with Crippen LogP contribution in [0.4, 0.5) is 17.1 Å². The molecule has 0 aliphatic carbocycles. The van der Waals surface area contributed by atoms with E-state index in [0.717, 1.165) is 5.56 Å². The van der Waals surface area contributed by atoms with Gasteiger partial charge in [-0.15, -0.1) is 0 Å². The van der Waals surface area contributed by atoms with Gasteiger partial charge in [0.25, 0.3) is 0 Å². The van der Waals surface area contributed by atoms with Crippen LogP contribution < -0.4 is 10.9 Å². The summed E-state index contributed by atoms with van der Waals surface area (Å²) in [5.41, 5.74) is 7.52. The highest BCUT2D eigenvalue weighted by molar-refractivity contribution is 7.89. The number of nitrogens with zero attached hydrogens (tertiary/aromatic N) is 2. The predicted octanol–water partition coefficient (Wildman–Crippen LogP) is 2.35. The average molecular weight is 306 g/mol. The minimum Gasteiger partial charge on any atom is -0.506 e. The van der Waals surface area contributed by atoms with Crippen LogP contribution in [0.3, 0.4) is 0 Å². The van der Waals surface area contributed by atoms with Crippen molar-refractivity contribution in [1.82, 2.24) is 0 Å². The molecule has 5 N–H and O–H groups in total. The van der Waals surface area contributed by atoms with Crippen LogP contribution in [0, 0.1) is 6.92 Å². The summed E-state index contributed by atoms with van der Waals surface area (Å²) in [7, 11) is -3.72. The number of anilines is 1. The molecular formula is C13H14N4O3S. The van der Waals surface area contributed by atoms with Gasteiger partial charge in [0.2, 0.25) is 10.0 Å². The number of hydrogen-bond donors (Lipinski definition) is 3. The van der Waals surface area contributed by atoms with Gasteiger partial charge in [-0.25, -0.2) is 13.6 Å². The average Bonchev–Trinajstić information content (AvgIpc) is 2.41. The fourth-order valence-electron chi connectivity index (χ4n) is 1.63. The second-order valence-electron chi connectivity index (χ2n) is 4.44. The van der Waals surface area contributed by atoms with Crippen LogP contribution in [0.5, 0.6) is 5.75 Å². The van der Waals surface area contributed by atoms with Gasteiger partial charge in [0.05, 0.1) is 22.0 Å². The van der Waals surface area contributed by atoms with E-state index in [0.29, 0.717) is 11.4 Å². The number of nitrogens with two attached hydrogens (primary N) is 2. The van der Waals surface area contributed by atoms with Crippen molar-refractivity contribution >= 4 is 27.1 Å². The summed E-state index contributed by atoms with van der Waals surface area (Å²) in [6, 6.07) is 8.65. The molecule has 0 saturated carbocycles. The van der Waals surface area contributed by atoms with Crippen LogP contribution in [-0.2, 0) is 10.0 Å². The van der Waals surface area contributed by atoms with Gasteiger partial charge in [0.1, 0.15) is 5.75 Å². The minimum atomic E-state index is -3.72. The van der Waals surface area contributed by atoms with E-state index < -0.39 is 10.0 Å². The lowest BCUT2D eigenvalue weighted by Gasteiger charge is -2.03. The first kappa shape index (κ1) is 14.9. The minimum absolute atomic E-state index is 0.00256. The number of benzene rings is 2. The molecule has 110 valence electrons. The predicted molar refractivity (Wildman–Crippen MR) is 79.2 cm³/mol. The van der Waals surface area contributed by atoms with E-state index in [4.69, 9.17) is 10.9 Å². The molecule has 2 aromatic carbocycles. The van der Waals surface area contributed by atoms with E-state index >= 15 is 0 Å². The number of aromatic hydroxyl groups is 1. The molecule has 0 radical (unpaired) electrons. The fourth-order valence-corrected chi connectivity index (χ4v) is 2.15. The summed E-state index contributed by atoms with van der Waals surface area (Å²) in [6.07, 6.45) is 0. The monoisotopic (exact) mass is 306 g/mol. The van der Waals surface area contributed by atoms with E-state index in [1.165, 1.54) is 30.3 Å². The second kappa shape index (κ2) is 5.51. The molecule has 2 aromatic rings. The summed E-state index contributed by atoms with van der Waals surface area (Å²) in [5.74, 6) is -0.0703. The molecule has 7 nitrogen and oxygen atoms in total. The first-order chi connectivity index (χ1) is 9.77. The molecule has 8 heteroatoms. The summed E-state index contributed by atoms with van der Waals surface area (Å²) < 4.78 is 22.2. The summed E-state index contributed by atoms with van der Waals surface area (Å²) >= 11 is 0. The van der Waals surface area contributed by atoms with Crippen molar-refractivity contribution < 1.29 is 13.5 Å². The summed E-state index contributed by atoms with van der Waals surface area (Å²) in [5, 5.41) is 22.5. The Bertz CT molecular complexity index is 799. The smallest absolute Gasteiger partial charge is 0.238 e. The first-order valence-electron chi connectivity index (χ1n) is 5.91. The quantitative estimate of drug-likeness (QED) is 0.456. The maximum absolute atomic E-state index is 11.1. The Kier molecular flexibility index (Phi) is 3.92. The molecule has 0 spiro atoms. The van der Waals surface area contributed by atoms with Gasteiger partial charge in [0.15, 0.2) is 0 Å². The molecule has 0 saturated heterocycles. The molecule has 21 heavy (non-hydrogen) atoms. The lowest BCUT2D eigenvalue weighted by atomic mass is 10.2. The molecule has 0 amide bonds. The van der Waals surface area contributed by atoms with Crippen LogP contribution in [-0.4, -0.2) is 13.5 Å². The van der Waals surface area contributed by atoms with Gasteiger partial charge in [-0.2, -0.15) is 10.2 Å². The highest BCUT2D eigenvalue weighted by atomic mass is 32.2. The third-order valence-corrected chi connectivity index (χ3v) is 3.71. The van der Waals surface area contributed by atoms with Gasteiger partial charge in [0, 0.05) is 6.07 Å². The van der Waals surface area contributed by atoms with Gasteiger partial charge in [-0.3, -0.25) is 0 Å². The molecule has 0 aromatic heterocycles. The number of primary sulfonamides is 1. The lowest BCUT2D eigenvalue weighted by Crippen LogP contribution is -2.11. The maximum Gasteiger partial charge on any atom is 0.238 e. The largest absolute Gasteiger partial charge is 0.506 e. The Balaban J connectivity index is 2.28. The van der Waals surface area contributed by atoms with Crippen LogP contribution in [0.1, 0.15) is 5.56 Å². The number of hydrogen-bond acceptors (Lipinski definition) is 6. The van der Waals surface area contributed by atoms with Crippen molar-refractivity contribution in [3.05, 3.63) is 42.0 Å². The van der Waals surface area contributed by atoms with Crippen molar-refractivity contribution in [2.75, 3.05) is 5.73 Å². The van der Waals surface area contributed by atoms with Crippen molar-refractivity contribution in [2.24, 2.45) is 15.4 Å². The zero-order chi connectivity index (χ0) is 15.6. The number of sulfonamides is 1. The highest BCUT2D eigenvalue weighted by Crippen LogP contribution is 2.30. The maximum atomic E-state index is 11.1. The zero-order valence-electron chi connectivity index (χ0n) is 11.2. The van der Waals surface area contributed by atoms with Crippen molar-refractivity contribution in [3.63, 3.8) is 0 Å². The Morgan fingerprint density at radius 1 is 1.10 bits per heavy atom. The molecule has 0 aliphatic heterocycles. The number of phenolic OH excluding ortho intramolecular Hbond substituents is 1. The third-order valence-electron chi connectivity index (χ3n) is 2.78. The number of rotatable bonds is 3. The van der Waals surface area contributed by atoms with Gasteiger partial charge in [-0.05, 0) is 42.8 Å². The van der Waals surface area contributed by atoms with E-state index in [1.54, 1.807) is 13.0 Å². The number of azo groups is 1. The molecule has 0 fully saturated rings. The SMILES string of the molecule is Cc1cc(N)c(O)cc1N=Nc1ccc(S(N)(=O)=O)cc1. The molecular weight excluding hydrogens is 292 g/mol. The Hall–Kier alpha value is -2.45. The van der Waals surface area contributed by atoms with E-state index in [-0.39, 0.29) is 16.3 Å². The fraction of sp³-hybridized carbons (Fsp3) is 0.0769. The summed E-state index contributed by atoms with van der Waals surface area (Å²) in [4.78, 5) is 0.00256. The second-order valence-corrected chi connectivity index (χ2v) is 6.00. The summed E-state index contributed by atoms with van der Waals surface area (Å²) in [6.45, 7) is 1.79. The van der Waals surface area contributed by atoms with E-state index in [2.05, 4.69) is 10.2 Å². The number of aryl methyl sites for hydroxylation is 1. The van der Waals surface area contributed by atoms with E-state index in [1.807, 2.05) is 0 Å². The van der Waals surface area contributed by atoms with Crippen molar-refractivity contribution in [2.45, 2.75) is 11.8 Å². The highest BCUT2D eigenvalue weighted by Gasteiger charge is 2.07. The van der Waals surface area contributed by atoms with E-state index in [9.17, 15) is 13.5 Å². The van der Waals surface area contributed by atoms with Crippen LogP contribution in [0.2, 0.25) is 0 Å². The molecule has 2 rings (SSSR count). The van der Waals surface area contributed by atoms with Gasteiger partial charge >= 0.3 is 0 Å². The molecule has 0 bridgehead atoms. The molecule has 0 heterocycles. The van der Waals surface area contributed by atoms with Crippen LogP contribution in [0.15, 0.2) is 51.5 Å². The Labute approximate surface area is 122 Å². The lowest BCUT2D eigenvalue weighted by molar-refractivity contribution is 0.478. The Morgan fingerprint density at radius 3 is 2.29 bits per heavy atom. The molecule has 0 aliphatic rings. The standard InChI is InChI=1S/C13H14N4O3S/c1-8-6-11(14)13(18)7-12(8)17-16-9-2-4-10(5-3-9)21(15,19)20/h2-7,18H,14H2,1H3,(H2,15,19,20). The number of nitrogen functional groups attached to an aromatic ring is 1. The first-order valence-corrected chi connectivity index (χ1v) is 7.46. The third kappa shape index (κ3) is 3.56. The van der Waals surface area contributed by atoms with Crippen molar-refractivity contribution in [3.8, 4) is 5.75 Å². The van der Waals surface area contributed by atoms with Crippen LogP contribution >= 0.6 is 0 Å². The zero-order valence-corrected chi connectivity index (χ0v) is 12.0. The Morgan fingerprint density at radius 2 is 1.71 bits per heavy atom. The normalized spacial score (nSPS) is 11.9.